The Balaban J connectivity index is 2.38. The summed E-state index contributed by atoms with van der Waals surface area (Å²) in [5.74, 6) is 0.602. The van der Waals surface area contributed by atoms with Crippen LogP contribution in [0.4, 0.5) is 0 Å². The third kappa shape index (κ3) is 3.79. The molecule has 1 aromatic rings. The fraction of sp³-hybridized carbons (Fsp3) is 0.421. The van der Waals surface area contributed by atoms with E-state index in [-0.39, 0.29) is 5.97 Å². The Morgan fingerprint density at radius 1 is 1.27 bits per heavy atom. The molecular weight excluding hydrogens is 276 g/mol. The summed E-state index contributed by atoms with van der Waals surface area (Å²) >= 11 is 0. The van der Waals surface area contributed by atoms with Gasteiger partial charge in [0.2, 0.25) is 0 Å². The average Bonchev–Trinajstić information content (AvgIpc) is 2.57. The molecule has 0 aromatic heterocycles. The van der Waals surface area contributed by atoms with Crippen LogP contribution in [0, 0.1) is 0 Å². The molecular formula is C19H24O3. The van der Waals surface area contributed by atoms with Crippen molar-refractivity contribution in [2.75, 3.05) is 14.2 Å². The number of rotatable bonds is 6. The molecule has 0 saturated carbocycles. The van der Waals surface area contributed by atoms with Crippen molar-refractivity contribution < 1.29 is 14.3 Å². The van der Waals surface area contributed by atoms with E-state index in [0.717, 1.165) is 37.9 Å². The van der Waals surface area contributed by atoms with Crippen molar-refractivity contribution in [3.8, 4) is 5.75 Å². The smallest absolute Gasteiger partial charge is 0.330 e. The fourth-order valence-electron chi connectivity index (χ4n) is 2.86. The Hall–Kier alpha value is -2.03. The second-order valence-corrected chi connectivity index (χ2v) is 5.49. The van der Waals surface area contributed by atoms with Gasteiger partial charge in [-0.25, -0.2) is 4.79 Å². The monoisotopic (exact) mass is 300 g/mol. The van der Waals surface area contributed by atoms with E-state index in [9.17, 15) is 4.79 Å². The standard InChI is InChI=1S/C19H24O3/c1-4-5-6-17-14(9-12-19(20)22-3)7-8-15-13-16(21-2)10-11-18(15)17/h9-13H,4-8H2,1-3H3/b12-9+. The van der Waals surface area contributed by atoms with Crippen LogP contribution in [0.2, 0.25) is 0 Å². The third-order valence-electron chi connectivity index (χ3n) is 4.09. The molecule has 0 radical (unpaired) electrons. The van der Waals surface area contributed by atoms with E-state index in [1.807, 2.05) is 12.1 Å². The number of carbonyl (C=O) groups excluding carboxylic acids is 1. The second kappa shape index (κ2) is 7.83. The number of unbranched alkanes of at least 4 members (excludes halogenated alkanes) is 1. The molecule has 0 spiro atoms. The number of hydrogen-bond acceptors (Lipinski definition) is 3. The highest BCUT2D eigenvalue weighted by Crippen LogP contribution is 2.36. The van der Waals surface area contributed by atoms with Crippen LogP contribution in [0.25, 0.3) is 5.57 Å². The Labute approximate surface area is 132 Å². The zero-order chi connectivity index (χ0) is 15.9. The zero-order valence-electron chi connectivity index (χ0n) is 13.6. The topological polar surface area (TPSA) is 35.5 Å². The summed E-state index contributed by atoms with van der Waals surface area (Å²) in [6.45, 7) is 2.20. The maximum absolute atomic E-state index is 11.4. The van der Waals surface area contributed by atoms with Gasteiger partial charge in [-0.1, -0.05) is 25.5 Å². The van der Waals surface area contributed by atoms with E-state index in [1.54, 1.807) is 7.11 Å². The van der Waals surface area contributed by atoms with Crippen molar-refractivity contribution in [3.05, 3.63) is 47.1 Å². The highest BCUT2D eigenvalue weighted by molar-refractivity contribution is 5.84. The van der Waals surface area contributed by atoms with E-state index < -0.39 is 0 Å². The molecule has 2 rings (SSSR count). The van der Waals surface area contributed by atoms with Crippen LogP contribution in [-0.4, -0.2) is 20.2 Å². The SMILES string of the molecule is CCCCC1=C(/C=C/C(=O)OC)CCc2cc(OC)ccc21. The molecule has 0 unspecified atom stereocenters. The second-order valence-electron chi connectivity index (χ2n) is 5.49. The Bertz CT molecular complexity index is 597. The first-order valence-corrected chi connectivity index (χ1v) is 7.85. The maximum Gasteiger partial charge on any atom is 0.330 e. The zero-order valence-corrected chi connectivity index (χ0v) is 13.6. The Kier molecular flexibility index (Phi) is 5.82. The number of esters is 1. The van der Waals surface area contributed by atoms with Crippen LogP contribution < -0.4 is 4.74 Å². The van der Waals surface area contributed by atoms with Gasteiger partial charge in [0.15, 0.2) is 0 Å². The molecule has 22 heavy (non-hydrogen) atoms. The highest BCUT2D eigenvalue weighted by Gasteiger charge is 2.18. The summed E-state index contributed by atoms with van der Waals surface area (Å²) in [6.07, 6.45) is 8.71. The van der Waals surface area contributed by atoms with Gasteiger partial charge in [-0.3, -0.25) is 0 Å². The summed E-state index contributed by atoms with van der Waals surface area (Å²) in [6, 6.07) is 6.28. The molecule has 0 amide bonds. The van der Waals surface area contributed by atoms with Crippen LogP contribution in [0.3, 0.4) is 0 Å². The Morgan fingerprint density at radius 3 is 2.77 bits per heavy atom. The molecule has 0 atom stereocenters. The van der Waals surface area contributed by atoms with E-state index >= 15 is 0 Å². The normalized spacial score (nSPS) is 14.1. The molecule has 0 heterocycles. The van der Waals surface area contributed by atoms with Gasteiger partial charge in [0.1, 0.15) is 5.75 Å². The van der Waals surface area contributed by atoms with Crippen molar-refractivity contribution in [1.82, 2.24) is 0 Å². The lowest BCUT2D eigenvalue weighted by molar-refractivity contribution is -0.134. The number of carbonyl (C=O) groups is 1. The summed E-state index contributed by atoms with van der Waals surface area (Å²) in [7, 11) is 3.10. The van der Waals surface area contributed by atoms with Gasteiger partial charge in [0.05, 0.1) is 14.2 Å². The van der Waals surface area contributed by atoms with Crippen LogP contribution in [0.15, 0.2) is 35.9 Å². The van der Waals surface area contributed by atoms with Crippen molar-refractivity contribution in [3.63, 3.8) is 0 Å². The van der Waals surface area contributed by atoms with Crippen LogP contribution in [0.1, 0.15) is 43.7 Å². The molecule has 0 aliphatic heterocycles. The summed E-state index contributed by atoms with van der Waals surface area (Å²) < 4.78 is 10.0. The minimum Gasteiger partial charge on any atom is -0.497 e. The van der Waals surface area contributed by atoms with Gasteiger partial charge < -0.3 is 9.47 Å². The number of benzene rings is 1. The van der Waals surface area contributed by atoms with E-state index in [4.69, 9.17) is 9.47 Å². The number of ether oxygens (including phenoxy) is 2. The minimum absolute atomic E-state index is 0.303. The average molecular weight is 300 g/mol. The van der Waals surface area contributed by atoms with E-state index in [2.05, 4.69) is 19.1 Å². The molecule has 118 valence electrons. The van der Waals surface area contributed by atoms with E-state index in [1.165, 1.54) is 35.5 Å². The lowest BCUT2D eigenvalue weighted by Gasteiger charge is -2.23. The molecule has 3 heteroatoms. The number of allylic oxidation sites excluding steroid dienone is 3. The van der Waals surface area contributed by atoms with Crippen molar-refractivity contribution >= 4 is 11.5 Å². The largest absolute Gasteiger partial charge is 0.497 e. The summed E-state index contributed by atoms with van der Waals surface area (Å²) in [5, 5.41) is 0. The lowest BCUT2D eigenvalue weighted by atomic mass is 9.83. The lowest BCUT2D eigenvalue weighted by Crippen LogP contribution is -2.05. The molecule has 0 saturated heterocycles. The number of methoxy groups -OCH3 is 2. The third-order valence-corrected chi connectivity index (χ3v) is 4.09. The number of aryl methyl sites for hydroxylation is 1. The first-order valence-electron chi connectivity index (χ1n) is 7.85. The first-order chi connectivity index (χ1) is 10.7. The van der Waals surface area contributed by atoms with Gasteiger partial charge >= 0.3 is 5.97 Å². The van der Waals surface area contributed by atoms with E-state index in [0.29, 0.717) is 0 Å². The predicted octanol–water partition coefficient (Wildman–Crippen LogP) is 4.31. The maximum atomic E-state index is 11.4. The quantitative estimate of drug-likeness (QED) is 0.580. The van der Waals surface area contributed by atoms with Crippen molar-refractivity contribution in [1.29, 1.82) is 0 Å². The molecule has 1 aliphatic carbocycles. The number of fused-ring (bicyclic) bond motifs is 1. The molecule has 0 fully saturated rings. The van der Waals surface area contributed by atoms with Crippen LogP contribution >= 0.6 is 0 Å². The highest BCUT2D eigenvalue weighted by atomic mass is 16.5. The summed E-state index contributed by atoms with van der Waals surface area (Å²) in [4.78, 5) is 11.4. The molecule has 0 bridgehead atoms. The van der Waals surface area contributed by atoms with Gasteiger partial charge in [-0.05, 0) is 60.1 Å². The van der Waals surface area contributed by atoms with Gasteiger partial charge in [-0.15, -0.1) is 0 Å². The fourth-order valence-corrected chi connectivity index (χ4v) is 2.86. The predicted molar refractivity (Wildman–Crippen MR) is 88.9 cm³/mol. The molecule has 3 nitrogen and oxygen atoms in total. The van der Waals surface area contributed by atoms with Crippen molar-refractivity contribution in [2.45, 2.75) is 39.0 Å². The summed E-state index contributed by atoms with van der Waals surface area (Å²) in [5.41, 5.74) is 5.23. The van der Waals surface area contributed by atoms with Crippen LogP contribution in [0.5, 0.6) is 5.75 Å². The van der Waals surface area contributed by atoms with Crippen LogP contribution in [-0.2, 0) is 16.0 Å². The van der Waals surface area contributed by atoms with Gasteiger partial charge in [-0.2, -0.15) is 0 Å². The van der Waals surface area contributed by atoms with Gasteiger partial charge in [0, 0.05) is 6.08 Å². The number of hydrogen-bond donors (Lipinski definition) is 0. The van der Waals surface area contributed by atoms with Gasteiger partial charge in [0.25, 0.3) is 0 Å². The van der Waals surface area contributed by atoms with Crippen molar-refractivity contribution in [2.24, 2.45) is 0 Å². The Morgan fingerprint density at radius 2 is 2.09 bits per heavy atom. The minimum atomic E-state index is -0.303. The first kappa shape index (κ1) is 16.3. The molecule has 1 aromatic carbocycles. The molecule has 1 aliphatic rings. The molecule has 0 N–H and O–H groups in total.